The van der Waals surface area contributed by atoms with Crippen molar-refractivity contribution < 1.29 is 0 Å². The zero-order valence-electron chi connectivity index (χ0n) is 6.77. The summed E-state index contributed by atoms with van der Waals surface area (Å²) in [6, 6.07) is 0.660. The molecule has 0 rings (SSSR count). The van der Waals surface area contributed by atoms with Crippen LogP contribution in [0.5, 0.6) is 0 Å². The van der Waals surface area contributed by atoms with E-state index in [9.17, 15) is 0 Å². The molecule has 0 aromatic carbocycles. The smallest absolute Gasteiger partial charge is 0.00461 e. The van der Waals surface area contributed by atoms with Gasteiger partial charge in [-0.2, -0.15) is 11.8 Å². The molecular formula is C7H17NS. The number of nitrogens with one attached hydrogen (secondary N) is 1. The van der Waals surface area contributed by atoms with E-state index in [2.05, 4.69) is 25.4 Å². The van der Waals surface area contributed by atoms with E-state index in [0.717, 1.165) is 5.25 Å². The maximum atomic E-state index is 3.22. The zero-order chi connectivity index (χ0) is 7.28. The van der Waals surface area contributed by atoms with E-state index in [0.29, 0.717) is 6.04 Å². The van der Waals surface area contributed by atoms with Gasteiger partial charge in [-0.15, -0.1) is 0 Å². The predicted molar refractivity (Wildman–Crippen MR) is 46.1 cm³/mol. The molecule has 0 heterocycles. The molecule has 0 aliphatic carbocycles. The Balaban J connectivity index is 3.22. The normalized spacial score (nSPS) is 17.3. The van der Waals surface area contributed by atoms with Crippen molar-refractivity contribution in [3.05, 3.63) is 0 Å². The van der Waals surface area contributed by atoms with Crippen molar-refractivity contribution in [1.82, 2.24) is 5.32 Å². The first-order valence-corrected chi connectivity index (χ1v) is 4.69. The second kappa shape index (κ2) is 5.12. The summed E-state index contributed by atoms with van der Waals surface area (Å²) in [6.45, 7) is 4.48. The molecular weight excluding hydrogens is 130 g/mol. The standard InChI is InChI=1S/C7H17NS/c1-6(8-3)5-7(2)9-4/h6-8H,5H2,1-4H3. The van der Waals surface area contributed by atoms with Gasteiger partial charge in [-0.05, 0) is 26.6 Å². The number of thioether (sulfide) groups is 1. The van der Waals surface area contributed by atoms with Gasteiger partial charge in [0.15, 0.2) is 0 Å². The van der Waals surface area contributed by atoms with Crippen LogP contribution >= 0.6 is 11.8 Å². The Kier molecular flexibility index (Phi) is 5.30. The highest BCUT2D eigenvalue weighted by Gasteiger charge is 2.03. The first-order chi connectivity index (χ1) is 4.20. The molecule has 2 heteroatoms. The Morgan fingerprint density at radius 3 is 2.33 bits per heavy atom. The first kappa shape index (κ1) is 9.31. The van der Waals surface area contributed by atoms with Crippen LogP contribution in [0.1, 0.15) is 20.3 Å². The Labute approximate surface area is 62.6 Å². The van der Waals surface area contributed by atoms with Crippen molar-refractivity contribution in [1.29, 1.82) is 0 Å². The molecule has 0 aromatic heterocycles. The average molecular weight is 147 g/mol. The molecule has 0 saturated carbocycles. The molecule has 9 heavy (non-hydrogen) atoms. The molecule has 1 N–H and O–H groups in total. The summed E-state index contributed by atoms with van der Waals surface area (Å²) in [5, 5.41) is 4.00. The third kappa shape index (κ3) is 4.79. The largest absolute Gasteiger partial charge is 0.317 e. The lowest BCUT2D eigenvalue weighted by Crippen LogP contribution is -2.24. The van der Waals surface area contributed by atoms with Crippen molar-refractivity contribution in [2.24, 2.45) is 0 Å². The lowest BCUT2D eigenvalue weighted by atomic mass is 10.2. The van der Waals surface area contributed by atoms with E-state index in [4.69, 9.17) is 0 Å². The van der Waals surface area contributed by atoms with Crippen molar-refractivity contribution in [2.45, 2.75) is 31.6 Å². The Morgan fingerprint density at radius 1 is 1.44 bits per heavy atom. The van der Waals surface area contributed by atoms with Crippen LogP contribution in [0.15, 0.2) is 0 Å². The zero-order valence-corrected chi connectivity index (χ0v) is 7.59. The molecule has 0 aromatic rings. The molecule has 0 amide bonds. The minimum atomic E-state index is 0.660. The van der Waals surface area contributed by atoms with Crippen molar-refractivity contribution >= 4 is 11.8 Å². The highest BCUT2D eigenvalue weighted by Crippen LogP contribution is 2.10. The fraction of sp³-hybridized carbons (Fsp3) is 1.00. The third-order valence-corrected chi connectivity index (χ3v) is 2.58. The fourth-order valence-electron chi connectivity index (χ4n) is 0.712. The van der Waals surface area contributed by atoms with Gasteiger partial charge in [0.2, 0.25) is 0 Å². The summed E-state index contributed by atoms with van der Waals surface area (Å²) in [4.78, 5) is 0. The fourth-order valence-corrected chi connectivity index (χ4v) is 1.19. The van der Waals surface area contributed by atoms with Gasteiger partial charge < -0.3 is 5.32 Å². The first-order valence-electron chi connectivity index (χ1n) is 3.40. The Hall–Kier alpha value is 0.310. The SMILES string of the molecule is CNC(C)CC(C)SC. The Bertz CT molecular complexity index is 57.9. The van der Waals surface area contributed by atoms with E-state index in [-0.39, 0.29) is 0 Å². The molecule has 2 unspecified atom stereocenters. The van der Waals surface area contributed by atoms with Gasteiger partial charge in [0.25, 0.3) is 0 Å². The monoisotopic (exact) mass is 147 g/mol. The van der Waals surface area contributed by atoms with Crippen LogP contribution in [0.3, 0.4) is 0 Å². The summed E-state index contributed by atoms with van der Waals surface area (Å²) < 4.78 is 0. The molecule has 0 fully saturated rings. The summed E-state index contributed by atoms with van der Waals surface area (Å²) in [6.07, 6.45) is 3.42. The van der Waals surface area contributed by atoms with Crippen molar-refractivity contribution in [3.8, 4) is 0 Å². The predicted octanol–water partition coefficient (Wildman–Crippen LogP) is 1.74. The van der Waals surface area contributed by atoms with Crippen LogP contribution in [0.4, 0.5) is 0 Å². The molecule has 0 spiro atoms. The van der Waals surface area contributed by atoms with Gasteiger partial charge >= 0.3 is 0 Å². The minimum Gasteiger partial charge on any atom is -0.317 e. The van der Waals surface area contributed by atoms with E-state index in [1.165, 1.54) is 6.42 Å². The van der Waals surface area contributed by atoms with E-state index in [1.807, 2.05) is 18.8 Å². The minimum absolute atomic E-state index is 0.660. The number of rotatable bonds is 4. The van der Waals surface area contributed by atoms with Crippen LogP contribution < -0.4 is 5.32 Å². The van der Waals surface area contributed by atoms with Crippen molar-refractivity contribution in [2.75, 3.05) is 13.3 Å². The van der Waals surface area contributed by atoms with Crippen LogP contribution in [0.25, 0.3) is 0 Å². The third-order valence-electron chi connectivity index (χ3n) is 1.58. The van der Waals surface area contributed by atoms with E-state index in [1.54, 1.807) is 0 Å². The van der Waals surface area contributed by atoms with Crippen LogP contribution in [0.2, 0.25) is 0 Å². The van der Waals surface area contributed by atoms with Gasteiger partial charge in [-0.3, -0.25) is 0 Å². The van der Waals surface area contributed by atoms with Gasteiger partial charge in [0, 0.05) is 11.3 Å². The molecule has 0 radical (unpaired) electrons. The summed E-state index contributed by atoms with van der Waals surface area (Å²) >= 11 is 1.93. The molecule has 0 aliphatic rings. The van der Waals surface area contributed by atoms with E-state index < -0.39 is 0 Å². The topological polar surface area (TPSA) is 12.0 Å². The number of hydrogen-bond acceptors (Lipinski definition) is 2. The van der Waals surface area contributed by atoms with E-state index >= 15 is 0 Å². The molecule has 0 saturated heterocycles. The molecule has 56 valence electrons. The highest BCUT2D eigenvalue weighted by atomic mass is 32.2. The Morgan fingerprint density at radius 2 is 2.00 bits per heavy atom. The second-order valence-corrected chi connectivity index (χ2v) is 3.75. The average Bonchev–Trinajstić information content (AvgIpc) is 1.87. The second-order valence-electron chi connectivity index (χ2n) is 2.47. The quantitative estimate of drug-likeness (QED) is 0.650. The molecule has 0 aliphatic heterocycles. The molecule has 2 atom stereocenters. The maximum absolute atomic E-state index is 3.22. The van der Waals surface area contributed by atoms with Crippen LogP contribution in [-0.2, 0) is 0 Å². The maximum Gasteiger partial charge on any atom is 0.00461 e. The summed E-state index contributed by atoms with van der Waals surface area (Å²) in [7, 11) is 2.01. The highest BCUT2D eigenvalue weighted by molar-refractivity contribution is 7.99. The van der Waals surface area contributed by atoms with Crippen molar-refractivity contribution in [3.63, 3.8) is 0 Å². The van der Waals surface area contributed by atoms with Gasteiger partial charge in [0.05, 0.1) is 0 Å². The number of hydrogen-bond donors (Lipinski definition) is 1. The van der Waals surface area contributed by atoms with Crippen LogP contribution in [-0.4, -0.2) is 24.6 Å². The summed E-state index contributed by atoms with van der Waals surface area (Å²) in [5.41, 5.74) is 0. The van der Waals surface area contributed by atoms with Crippen LogP contribution in [0, 0.1) is 0 Å². The lowest BCUT2D eigenvalue weighted by Gasteiger charge is -2.13. The summed E-state index contributed by atoms with van der Waals surface area (Å²) in [5.74, 6) is 0. The molecule has 0 bridgehead atoms. The van der Waals surface area contributed by atoms with Gasteiger partial charge in [0.1, 0.15) is 0 Å². The van der Waals surface area contributed by atoms with Gasteiger partial charge in [-0.1, -0.05) is 6.92 Å². The molecule has 1 nitrogen and oxygen atoms in total. The lowest BCUT2D eigenvalue weighted by molar-refractivity contribution is 0.564. The van der Waals surface area contributed by atoms with Gasteiger partial charge in [-0.25, -0.2) is 0 Å².